The number of rotatable bonds is 5. The Morgan fingerprint density at radius 2 is 1.94 bits per heavy atom. The normalized spacial score (nSPS) is 10.1. The summed E-state index contributed by atoms with van der Waals surface area (Å²) in [6.07, 6.45) is 0. The van der Waals surface area contributed by atoms with E-state index in [0.29, 0.717) is 6.61 Å². The van der Waals surface area contributed by atoms with Gasteiger partial charge < -0.3 is 10.1 Å². The predicted molar refractivity (Wildman–Crippen MR) is 79.3 cm³/mol. The summed E-state index contributed by atoms with van der Waals surface area (Å²) in [5.74, 6) is 0.885. The number of ether oxygens (including phenoxy) is 1. The Morgan fingerprint density at radius 3 is 2.72 bits per heavy atom. The molecule has 0 saturated carbocycles. The third-order valence-corrected chi connectivity index (χ3v) is 3.12. The van der Waals surface area contributed by atoms with Crippen molar-refractivity contribution in [3.63, 3.8) is 0 Å². The molecule has 0 atom stereocenters. The van der Waals surface area contributed by atoms with Crippen LogP contribution in [0.15, 0.2) is 53.0 Å². The number of halogens is 1. The largest absolute Gasteiger partial charge is 0.492 e. The van der Waals surface area contributed by atoms with E-state index in [2.05, 4.69) is 40.3 Å². The first-order valence-corrected chi connectivity index (χ1v) is 6.73. The van der Waals surface area contributed by atoms with Crippen LogP contribution in [0.2, 0.25) is 0 Å². The van der Waals surface area contributed by atoms with E-state index < -0.39 is 0 Å². The SMILES string of the molecule is Cc1ccccc1NCCOc1cccc(Br)c1. The maximum atomic E-state index is 5.66. The molecule has 2 aromatic rings. The van der Waals surface area contributed by atoms with E-state index in [1.54, 1.807) is 0 Å². The molecule has 0 aliphatic heterocycles. The molecule has 0 spiro atoms. The highest BCUT2D eigenvalue weighted by Crippen LogP contribution is 2.17. The third-order valence-electron chi connectivity index (χ3n) is 2.63. The summed E-state index contributed by atoms with van der Waals surface area (Å²) >= 11 is 3.42. The highest BCUT2D eigenvalue weighted by molar-refractivity contribution is 9.10. The van der Waals surface area contributed by atoms with Gasteiger partial charge in [0.05, 0.1) is 0 Å². The fourth-order valence-corrected chi connectivity index (χ4v) is 2.06. The van der Waals surface area contributed by atoms with Crippen molar-refractivity contribution in [2.45, 2.75) is 6.92 Å². The van der Waals surface area contributed by atoms with Gasteiger partial charge in [0, 0.05) is 16.7 Å². The van der Waals surface area contributed by atoms with Gasteiger partial charge in [-0.05, 0) is 36.8 Å². The summed E-state index contributed by atoms with van der Waals surface area (Å²) in [4.78, 5) is 0. The van der Waals surface area contributed by atoms with Crippen LogP contribution >= 0.6 is 15.9 Å². The van der Waals surface area contributed by atoms with Crippen LogP contribution in [-0.2, 0) is 0 Å². The van der Waals surface area contributed by atoms with Crippen molar-refractivity contribution in [3.05, 3.63) is 58.6 Å². The number of nitrogens with one attached hydrogen (secondary N) is 1. The van der Waals surface area contributed by atoms with Crippen molar-refractivity contribution < 1.29 is 4.74 Å². The summed E-state index contributed by atoms with van der Waals surface area (Å²) in [5.41, 5.74) is 2.41. The van der Waals surface area contributed by atoms with E-state index >= 15 is 0 Å². The number of para-hydroxylation sites is 1. The molecule has 0 saturated heterocycles. The lowest BCUT2D eigenvalue weighted by molar-refractivity contribution is 0.332. The molecule has 0 fully saturated rings. The average molecular weight is 306 g/mol. The van der Waals surface area contributed by atoms with Crippen molar-refractivity contribution in [1.29, 1.82) is 0 Å². The lowest BCUT2D eigenvalue weighted by Crippen LogP contribution is -2.12. The highest BCUT2D eigenvalue weighted by Gasteiger charge is 1.97. The first kappa shape index (κ1) is 13.0. The minimum absolute atomic E-state index is 0.644. The molecule has 18 heavy (non-hydrogen) atoms. The van der Waals surface area contributed by atoms with Crippen LogP contribution < -0.4 is 10.1 Å². The van der Waals surface area contributed by atoms with Gasteiger partial charge in [-0.1, -0.05) is 40.2 Å². The molecule has 2 aromatic carbocycles. The lowest BCUT2D eigenvalue weighted by atomic mass is 10.2. The van der Waals surface area contributed by atoms with Gasteiger partial charge in [0.15, 0.2) is 0 Å². The molecular formula is C15H16BrNO. The maximum absolute atomic E-state index is 5.66. The van der Waals surface area contributed by atoms with E-state index in [1.807, 2.05) is 36.4 Å². The molecule has 0 radical (unpaired) electrons. The van der Waals surface area contributed by atoms with Crippen LogP contribution in [0.25, 0.3) is 0 Å². The van der Waals surface area contributed by atoms with Crippen LogP contribution in [0.3, 0.4) is 0 Å². The van der Waals surface area contributed by atoms with Crippen LogP contribution in [0.4, 0.5) is 5.69 Å². The number of hydrogen-bond acceptors (Lipinski definition) is 2. The molecule has 0 unspecified atom stereocenters. The minimum atomic E-state index is 0.644. The average Bonchev–Trinajstić information content (AvgIpc) is 2.37. The van der Waals surface area contributed by atoms with Crippen LogP contribution in [-0.4, -0.2) is 13.2 Å². The van der Waals surface area contributed by atoms with Gasteiger partial charge in [-0.2, -0.15) is 0 Å². The molecule has 0 amide bonds. The zero-order valence-corrected chi connectivity index (χ0v) is 11.9. The number of aryl methyl sites for hydroxylation is 1. The predicted octanol–water partition coefficient (Wildman–Crippen LogP) is 4.25. The monoisotopic (exact) mass is 305 g/mol. The van der Waals surface area contributed by atoms with Crippen molar-refractivity contribution in [3.8, 4) is 5.75 Å². The van der Waals surface area contributed by atoms with Crippen molar-refractivity contribution in [2.24, 2.45) is 0 Å². The van der Waals surface area contributed by atoms with Crippen molar-refractivity contribution >= 4 is 21.6 Å². The Bertz CT molecular complexity index is 513. The topological polar surface area (TPSA) is 21.3 Å². The van der Waals surface area contributed by atoms with E-state index in [9.17, 15) is 0 Å². The molecule has 2 nitrogen and oxygen atoms in total. The van der Waals surface area contributed by atoms with Gasteiger partial charge in [0.25, 0.3) is 0 Å². The van der Waals surface area contributed by atoms with Gasteiger partial charge in [0.1, 0.15) is 12.4 Å². The maximum Gasteiger partial charge on any atom is 0.120 e. The Kier molecular flexibility index (Phi) is 4.65. The van der Waals surface area contributed by atoms with Gasteiger partial charge in [-0.15, -0.1) is 0 Å². The van der Waals surface area contributed by atoms with E-state index in [1.165, 1.54) is 5.56 Å². The van der Waals surface area contributed by atoms with E-state index in [-0.39, 0.29) is 0 Å². The summed E-state index contributed by atoms with van der Waals surface area (Å²) in [6, 6.07) is 16.1. The van der Waals surface area contributed by atoms with Gasteiger partial charge in [-0.25, -0.2) is 0 Å². The second-order valence-electron chi connectivity index (χ2n) is 4.05. The second kappa shape index (κ2) is 6.45. The van der Waals surface area contributed by atoms with E-state index in [4.69, 9.17) is 4.74 Å². The minimum Gasteiger partial charge on any atom is -0.492 e. The van der Waals surface area contributed by atoms with Crippen molar-refractivity contribution in [2.75, 3.05) is 18.5 Å². The molecule has 94 valence electrons. The molecule has 1 N–H and O–H groups in total. The van der Waals surface area contributed by atoms with Gasteiger partial charge in [0.2, 0.25) is 0 Å². The van der Waals surface area contributed by atoms with Crippen LogP contribution in [0.1, 0.15) is 5.56 Å². The Morgan fingerprint density at radius 1 is 1.11 bits per heavy atom. The Labute approximate surface area is 116 Å². The summed E-state index contributed by atoms with van der Waals surface area (Å²) < 4.78 is 6.69. The molecule has 0 aromatic heterocycles. The fourth-order valence-electron chi connectivity index (χ4n) is 1.68. The molecule has 0 aliphatic carbocycles. The molecule has 2 rings (SSSR count). The first-order valence-electron chi connectivity index (χ1n) is 5.93. The third kappa shape index (κ3) is 3.77. The number of anilines is 1. The van der Waals surface area contributed by atoms with Gasteiger partial charge in [-0.3, -0.25) is 0 Å². The summed E-state index contributed by atoms with van der Waals surface area (Å²) in [5, 5.41) is 3.36. The molecule has 0 heterocycles. The first-order chi connectivity index (χ1) is 8.75. The zero-order chi connectivity index (χ0) is 12.8. The quantitative estimate of drug-likeness (QED) is 0.834. The molecule has 0 aliphatic rings. The smallest absolute Gasteiger partial charge is 0.120 e. The molecule has 3 heteroatoms. The van der Waals surface area contributed by atoms with Crippen LogP contribution in [0, 0.1) is 6.92 Å². The number of benzene rings is 2. The standard InChI is InChI=1S/C15H16BrNO/c1-12-5-2-3-8-15(12)17-9-10-18-14-7-4-6-13(16)11-14/h2-8,11,17H,9-10H2,1H3. The lowest BCUT2D eigenvalue weighted by Gasteiger charge is -2.10. The van der Waals surface area contributed by atoms with Gasteiger partial charge >= 0.3 is 0 Å². The molecular weight excluding hydrogens is 290 g/mol. The Hall–Kier alpha value is -1.48. The van der Waals surface area contributed by atoms with Crippen LogP contribution in [0.5, 0.6) is 5.75 Å². The second-order valence-corrected chi connectivity index (χ2v) is 4.96. The van der Waals surface area contributed by atoms with E-state index in [0.717, 1.165) is 22.5 Å². The summed E-state index contributed by atoms with van der Waals surface area (Å²) in [6.45, 7) is 3.53. The summed E-state index contributed by atoms with van der Waals surface area (Å²) in [7, 11) is 0. The number of hydrogen-bond donors (Lipinski definition) is 1. The highest BCUT2D eigenvalue weighted by atomic mass is 79.9. The Balaban J connectivity index is 1.78. The zero-order valence-electron chi connectivity index (χ0n) is 10.3. The van der Waals surface area contributed by atoms with Crippen molar-refractivity contribution in [1.82, 2.24) is 0 Å². The molecule has 0 bridgehead atoms. The fraction of sp³-hybridized carbons (Fsp3) is 0.200.